The minimum Gasteiger partial charge on any atom is -0.618 e. The summed E-state index contributed by atoms with van der Waals surface area (Å²) in [4.78, 5) is 14.1. The Kier molecular flexibility index (Phi) is 4.30. The van der Waals surface area contributed by atoms with Gasteiger partial charge in [-0.2, -0.15) is 9.71 Å². The Balaban J connectivity index is 2.15. The highest BCUT2D eigenvalue weighted by Crippen LogP contribution is 2.39. The molecule has 3 aromatic rings. The van der Waals surface area contributed by atoms with Gasteiger partial charge in [-0.3, -0.25) is 10.1 Å². The molecule has 0 amide bonds. The SMILES string of the molecule is Cc1c(Cl)c[n+]([O-])c(Cl)c1-c1noc(-c2cc(O)c(O)c([N+](=O)[O-])c2)n1. The van der Waals surface area contributed by atoms with Gasteiger partial charge in [0.15, 0.2) is 5.75 Å². The molecule has 1 aromatic carbocycles. The van der Waals surface area contributed by atoms with Crippen LogP contribution < -0.4 is 4.73 Å². The van der Waals surface area contributed by atoms with E-state index in [-0.39, 0.29) is 33.0 Å². The average Bonchev–Trinajstić information content (AvgIpc) is 3.05. The Morgan fingerprint density at radius 1 is 1.31 bits per heavy atom. The van der Waals surface area contributed by atoms with Crippen molar-refractivity contribution in [3.8, 4) is 34.3 Å². The first-order valence-corrected chi connectivity index (χ1v) is 7.59. The van der Waals surface area contributed by atoms with Gasteiger partial charge in [0.05, 0.1) is 10.5 Å². The Morgan fingerprint density at radius 2 is 2.00 bits per heavy atom. The lowest BCUT2D eigenvalue weighted by Gasteiger charge is -2.06. The molecule has 0 aliphatic heterocycles. The summed E-state index contributed by atoms with van der Waals surface area (Å²) in [6.45, 7) is 1.59. The number of pyridine rings is 1. The lowest BCUT2D eigenvalue weighted by Crippen LogP contribution is -2.28. The van der Waals surface area contributed by atoms with E-state index in [1.165, 1.54) is 0 Å². The van der Waals surface area contributed by atoms with Crippen LogP contribution in [0.15, 0.2) is 22.9 Å². The van der Waals surface area contributed by atoms with Gasteiger partial charge in [0.2, 0.25) is 17.8 Å². The molecule has 2 N–H and O–H groups in total. The molecule has 26 heavy (non-hydrogen) atoms. The summed E-state index contributed by atoms with van der Waals surface area (Å²) in [7, 11) is 0. The fourth-order valence-corrected chi connectivity index (χ4v) is 2.67. The molecule has 0 fully saturated rings. The van der Waals surface area contributed by atoms with Crippen LogP contribution >= 0.6 is 23.2 Å². The van der Waals surface area contributed by atoms with Crippen LogP contribution in [0.2, 0.25) is 10.2 Å². The van der Waals surface area contributed by atoms with Gasteiger partial charge in [0, 0.05) is 6.07 Å². The van der Waals surface area contributed by atoms with Crippen molar-refractivity contribution in [2.45, 2.75) is 6.92 Å². The summed E-state index contributed by atoms with van der Waals surface area (Å²) in [6.07, 6.45) is 1.07. The van der Waals surface area contributed by atoms with E-state index >= 15 is 0 Å². The van der Waals surface area contributed by atoms with Crippen LogP contribution in [-0.4, -0.2) is 25.3 Å². The molecule has 0 radical (unpaired) electrons. The minimum atomic E-state index is -0.889. The predicted octanol–water partition coefficient (Wildman–Crippen LogP) is 2.97. The van der Waals surface area contributed by atoms with E-state index < -0.39 is 22.1 Å². The Hall–Kier alpha value is -3.11. The number of phenols is 2. The van der Waals surface area contributed by atoms with E-state index in [9.17, 15) is 25.5 Å². The number of aromatic nitrogens is 3. The van der Waals surface area contributed by atoms with Gasteiger partial charge in [0.1, 0.15) is 10.6 Å². The van der Waals surface area contributed by atoms with Crippen molar-refractivity contribution in [2.24, 2.45) is 0 Å². The lowest BCUT2D eigenvalue weighted by molar-refractivity contribution is -0.602. The molecule has 2 aromatic heterocycles. The normalized spacial score (nSPS) is 10.9. The third-order valence-electron chi connectivity index (χ3n) is 3.53. The fourth-order valence-electron chi connectivity index (χ4n) is 2.21. The largest absolute Gasteiger partial charge is 0.618 e. The summed E-state index contributed by atoms with van der Waals surface area (Å²) in [6, 6.07) is 1.96. The van der Waals surface area contributed by atoms with E-state index in [1.807, 2.05) is 0 Å². The zero-order valence-electron chi connectivity index (χ0n) is 12.8. The number of nitrogens with zero attached hydrogens (tertiary/aromatic N) is 4. The predicted molar refractivity (Wildman–Crippen MR) is 88.9 cm³/mol. The average molecular weight is 399 g/mol. The van der Waals surface area contributed by atoms with E-state index in [4.69, 9.17) is 27.7 Å². The number of benzene rings is 1. The maximum Gasteiger partial charge on any atom is 0.315 e. The summed E-state index contributed by atoms with van der Waals surface area (Å²) in [5, 5.41) is 45.5. The maximum absolute atomic E-state index is 11.7. The van der Waals surface area contributed by atoms with Gasteiger partial charge >= 0.3 is 5.69 Å². The third-order valence-corrected chi connectivity index (χ3v) is 4.26. The first-order chi connectivity index (χ1) is 12.2. The quantitative estimate of drug-likeness (QED) is 0.170. The van der Waals surface area contributed by atoms with Crippen molar-refractivity contribution in [1.82, 2.24) is 10.1 Å². The van der Waals surface area contributed by atoms with Gasteiger partial charge in [-0.25, -0.2) is 0 Å². The molecular formula is C14H8Cl2N4O6. The summed E-state index contributed by atoms with van der Waals surface area (Å²) in [5.41, 5.74) is -0.206. The molecule has 0 unspecified atom stereocenters. The first-order valence-electron chi connectivity index (χ1n) is 6.83. The van der Waals surface area contributed by atoms with E-state index in [0.29, 0.717) is 10.3 Å². The molecule has 134 valence electrons. The molecule has 0 aliphatic rings. The summed E-state index contributed by atoms with van der Waals surface area (Å²) < 4.78 is 5.37. The second-order valence-electron chi connectivity index (χ2n) is 5.14. The standard InChI is InChI=1S/C14H8Cl2N4O6/c1-5-7(15)4-19(23)12(16)10(5)13-17-14(26-18-13)6-2-8(20(24)25)11(22)9(21)3-6/h2-4,21-22H,1H3. The van der Waals surface area contributed by atoms with Crippen LogP contribution in [0.3, 0.4) is 0 Å². The molecule has 10 nitrogen and oxygen atoms in total. The molecule has 3 rings (SSSR count). The Labute approximate surface area is 154 Å². The van der Waals surface area contributed by atoms with Crippen LogP contribution in [0.25, 0.3) is 22.8 Å². The number of nitro benzene ring substituents is 1. The second kappa shape index (κ2) is 6.32. The number of aromatic hydroxyl groups is 2. The zero-order valence-corrected chi connectivity index (χ0v) is 14.3. The van der Waals surface area contributed by atoms with Crippen LogP contribution in [0.5, 0.6) is 11.5 Å². The lowest BCUT2D eigenvalue weighted by atomic mass is 10.1. The van der Waals surface area contributed by atoms with Gasteiger partial charge < -0.3 is 19.9 Å². The zero-order chi connectivity index (χ0) is 19.2. The van der Waals surface area contributed by atoms with Crippen molar-refractivity contribution in [2.75, 3.05) is 0 Å². The molecule has 0 saturated heterocycles. The van der Waals surface area contributed by atoms with Crippen molar-refractivity contribution in [3.05, 3.63) is 49.4 Å². The second-order valence-corrected chi connectivity index (χ2v) is 5.90. The number of nitro groups is 1. The monoisotopic (exact) mass is 398 g/mol. The molecule has 0 spiro atoms. The van der Waals surface area contributed by atoms with Crippen LogP contribution in [0.4, 0.5) is 5.69 Å². The Morgan fingerprint density at radius 3 is 2.65 bits per heavy atom. The molecule has 0 atom stereocenters. The van der Waals surface area contributed by atoms with Gasteiger partial charge in [-0.15, -0.1) is 0 Å². The van der Waals surface area contributed by atoms with E-state index in [2.05, 4.69) is 10.1 Å². The van der Waals surface area contributed by atoms with Crippen molar-refractivity contribution in [1.29, 1.82) is 0 Å². The van der Waals surface area contributed by atoms with Crippen molar-refractivity contribution in [3.63, 3.8) is 0 Å². The van der Waals surface area contributed by atoms with Gasteiger partial charge in [-0.05, 0) is 30.2 Å². The topological polar surface area (TPSA) is 149 Å². The van der Waals surface area contributed by atoms with Crippen LogP contribution in [0, 0.1) is 22.2 Å². The highest BCUT2D eigenvalue weighted by atomic mass is 35.5. The van der Waals surface area contributed by atoms with Crippen LogP contribution in [0.1, 0.15) is 5.56 Å². The number of rotatable bonds is 3. The highest BCUT2D eigenvalue weighted by molar-refractivity contribution is 6.34. The van der Waals surface area contributed by atoms with Crippen molar-refractivity contribution >= 4 is 28.9 Å². The van der Waals surface area contributed by atoms with Gasteiger partial charge in [-0.1, -0.05) is 16.8 Å². The summed E-state index contributed by atoms with van der Waals surface area (Å²) in [5.74, 6) is -1.90. The van der Waals surface area contributed by atoms with Crippen molar-refractivity contribution < 1.29 is 24.4 Å². The molecule has 12 heteroatoms. The molecular weight excluding hydrogens is 391 g/mol. The van der Waals surface area contributed by atoms with Gasteiger partial charge in [0.25, 0.3) is 11.0 Å². The molecule has 0 bridgehead atoms. The first kappa shape index (κ1) is 17.7. The minimum absolute atomic E-state index is 0.0171. The molecule has 0 saturated carbocycles. The molecule has 0 aliphatic carbocycles. The van der Waals surface area contributed by atoms with Crippen LogP contribution in [-0.2, 0) is 0 Å². The third kappa shape index (κ3) is 2.85. The molecule has 2 heterocycles. The smallest absolute Gasteiger partial charge is 0.315 e. The van der Waals surface area contributed by atoms with E-state index in [1.54, 1.807) is 6.92 Å². The van der Waals surface area contributed by atoms with E-state index in [0.717, 1.165) is 18.3 Å². The number of hydrogen-bond donors (Lipinski definition) is 2. The Bertz CT molecular complexity index is 1030. The maximum atomic E-state index is 11.7. The fraction of sp³-hybridized carbons (Fsp3) is 0.0714. The summed E-state index contributed by atoms with van der Waals surface area (Å²) >= 11 is 11.9. The highest BCUT2D eigenvalue weighted by Gasteiger charge is 2.25. The number of hydrogen-bond acceptors (Lipinski definition) is 8. The number of halogens is 2. The number of phenolic OH excluding ortho intramolecular Hbond substituents is 2.